The Morgan fingerprint density at radius 2 is 2.00 bits per heavy atom. The van der Waals surface area contributed by atoms with Crippen molar-refractivity contribution in [2.45, 2.75) is 0 Å². The molecule has 3 rings (SSSR count). The summed E-state index contributed by atoms with van der Waals surface area (Å²) in [7, 11) is 0. The van der Waals surface area contributed by atoms with Crippen molar-refractivity contribution in [3.8, 4) is 5.69 Å². The van der Waals surface area contributed by atoms with Crippen molar-refractivity contribution >= 4 is 11.0 Å². The number of fused-ring (bicyclic) bond motifs is 1. The Balaban J connectivity index is 2.31. The van der Waals surface area contributed by atoms with Gasteiger partial charge < -0.3 is 0 Å². The number of hydrogen-bond donors (Lipinski definition) is 0. The molecule has 3 nitrogen and oxygen atoms in total. The van der Waals surface area contributed by atoms with Crippen LogP contribution in [0, 0.1) is 11.6 Å². The van der Waals surface area contributed by atoms with E-state index in [4.69, 9.17) is 0 Å². The second-order valence-electron chi connectivity index (χ2n) is 3.55. The van der Waals surface area contributed by atoms with Crippen LogP contribution in [0.15, 0.2) is 43.0 Å². The second kappa shape index (κ2) is 3.62. The lowest BCUT2D eigenvalue weighted by molar-refractivity contribution is 0.505. The van der Waals surface area contributed by atoms with Gasteiger partial charge in [-0.05, 0) is 18.2 Å². The van der Waals surface area contributed by atoms with Crippen LogP contribution in [0.4, 0.5) is 8.78 Å². The Bertz CT molecular complexity index is 691. The maximum absolute atomic E-state index is 13.7. The van der Waals surface area contributed by atoms with Crippen molar-refractivity contribution in [3.05, 3.63) is 54.6 Å². The van der Waals surface area contributed by atoms with E-state index in [1.807, 2.05) is 0 Å². The van der Waals surface area contributed by atoms with E-state index < -0.39 is 11.6 Å². The molecule has 0 spiro atoms. The molecule has 0 radical (unpaired) electrons. The number of aromatic nitrogens is 3. The highest BCUT2D eigenvalue weighted by Crippen LogP contribution is 2.20. The molecule has 0 N–H and O–H groups in total. The van der Waals surface area contributed by atoms with Crippen molar-refractivity contribution in [1.82, 2.24) is 14.5 Å². The van der Waals surface area contributed by atoms with Gasteiger partial charge >= 0.3 is 0 Å². The Kier molecular flexibility index (Phi) is 2.11. The minimum absolute atomic E-state index is 0.138. The van der Waals surface area contributed by atoms with Gasteiger partial charge in [0, 0.05) is 6.20 Å². The first-order valence-electron chi connectivity index (χ1n) is 4.99. The van der Waals surface area contributed by atoms with Gasteiger partial charge in [0.25, 0.3) is 0 Å². The van der Waals surface area contributed by atoms with Gasteiger partial charge in [-0.1, -0.05) is 6.07 Å². The number of imidazole rings is 1. The van der Waals surface area contributed by atoms with E-state index in [9.17, 15) is 8.78 Å². The van der Waals surface area contributed by atoms with E-state index in [1.54, 1.807) is 18.5 Å². The second-order valence-corrected chi connectivity index (χ2v) is 3.55. The fourth-order valence-electron chi connectivity index (χ4n) is 1.73. The van der Waals surface area contributed by atoms with Gasteiger partial charge in [0.2, 0.25) is 0 Å². The average Bonchev–Trinajstić information content (AvgIpc) is 2.77. The summed E-state index contributed by atoms with van der Waals surface area (Å²) in [5.41, 5.74) is 1.46. The third-order valence-corrected chi connectivity index (χ3v) is 2.54. The van der Waals surface area contributed by atoms with Crippen LogP contribution >= 0.6 is 0 Å². The van der Waals surface area contributed by atoms with Gasteiger partial charge in [-0.3, -0.25) is 9.55 Å². The summed E-state index contributed by atoms with van der Waals surface area (Å²) >= 11 is 0. The summed E-state index contributed by atoms with van der Waals surface area (Å²) < 4.78 is 28.3. The quantitative estimate of drug-likeness (QED) is 0.644. The normalized spacial score (nSPS) is 10.9. The fourth-order valence-corrected chi connectivity index (χ4v) is 1.73. The molecule has 5 heteroatoms. The monoisotopic (exact) mass is 231 g/mol. The molecule has 0 atom stereocenters. The maximum Gasteiger partial charge on any atom is 0.182 e. The minimum atomic E-state index is -0.886. The predicted octanol–water partition coefficient (Wildman–Crippen LogP) is 2.70. The van der Waals surface area contributed by atoms with Gasteiger partial charge in [-0.15, -0.1) is 0 Å². The number of halogens is 2. The van der Waals surface area contributed by atoms with Crippen LogP contribution in [-0.2, 0) is 0 Å². The van der Waals surface area contributed by atoms with E-state index in [-0.39, 0.29) is 5.69 Å². The Hall–Kier alpha value is -2.30. The van der Waals surface area contributed by atoms with Crippen LogP contribution in [-0.4, -0.2) is 14.5 Å². The van der Waals surface area contributed by atoms with Crippen molar-refractivity contribution < 1.29 is 8.78 Å². The zero-order valence-electron chi connectivity index (χ0n) is 8.64. The van der Waals surface area contributed by atoms with Crippen molar-refractivity contribution in [2.24, 2.45) is 0 Å². The Morgan fingerprint density at radius 1 is 1.12 bits per heavy atom. The SMILES string of the molecule is Fc1cccc(-n2cnc3cnccc32)c1F. The lowest BCUT2D eigenvalue weighted by atomic mass is 10.3. The summed E-state index contributed by atoms with van der Waals surface area (Å²) in [4.78, 5) is 7.99. The summed E-state index contributed by atoms with van der Waals surface area (Å²) in [6.45, 7) is 0. The van der Waals surface area contributed by atoms with Crippen LogP contribution in [0.2, 0.25) is 0 Å². The van der Waals surface area contributed by atoms with Crippen molar-refractivity contribution in [1.29, 1.82) is 0 Å². The predicted molar refractivity (Wildman–Crippen MR) is 58.8 cm³/mol. The summed E-state index contributed by atoms with van der Waals surface area (Å²) in [6, 6.07) is 5.74. The molecule has 3 aromatic rings. The summed E-state index contributed by atoms with van der Waals surface area (Å²) in [6.07, 6.45) is 4.60. The highest BCUT2D eigenvalue weighted by atomic mass is 19.2. The molecule has 0 bridgehead atoms. The number of benzene rings is 1. The highest BCUT2D eigenvalue weighted by molar-refractivity contribution is 5.76. The van der Waals surface area contributed by atoms with Crippen LogP contribution < -0.4 is 0 Å². The molecule has 2 heterocycles. The third kappa shape index (κ3) is 1.47. The number of nitrogens with zero attached hydrogens (tertiary/aromatic N) is 3. The first-order chi connectivity index (χ1) is 8.27. The molecule has 2 aromatic heterocycles. The summed E-state index contributed by atoms with van der Waals surface area (Å²) in [5, 5.41) is 0. The van der Waals surface area contributed by atoms with E-state index in [0.717, 1.165) is 6.07 Å². The molecular formula is C12H7F2N3. The van der Waals surface area contributed by atoms with Gasteiger partial charge in [-0.25, -0.2) is 13.8 Å². The molecule has 0 amide bonds. The molecule has 0 aliphatic heterocycles. The largest absolute Gasteiger partial charge is 0.296 e. The zero-order chi connectivity index (χ0) is 11.8. The van der Waals surface area contributed by atoms with Crippen LogP contribution in [0.5, 0.6) is 0 Å². The molecule has 0 fully saturated rings. The maximum atomic E-state index is 13.7. The van der Waals surface area contributed by atoms with E-state index in [0.29, 0.717) is 11.0 Å². The third-order valence-electron chi connectivity index (χ3n) is 2.54. The van der Waals surface area contributed by atoms with Gasteiger partial charge in [-0.2, -0.15) is 0 Å². The van der Waals surface area contributed by atoms with Gasteiger partial charge in [0.05, 0.1) is 17.4 Å². The van der Waals surface area contributed by atoms with Crippen LogP contribution in [0.25, 0.3) is 16.7 Å². The van der Waals surface area contributed by atoms with Crippen molar-refractivity contribution in [2.75, 3.05) is 0 Å². The van der Waals surface area contributed by atoms with E-state index >= 15 is 0 Å². The highest BCUT2D eigenvalue weighted by Gasteiger charge is 2.11. The Morgan fingerprint density at radius 3 is 2.88 bits per heavy atom. The topological polar surface area (TPSA) is 30.7 Å². The smallest absolute Gasteiger partial charge is 0.182 e. The lowest BCUT2D eigenvalue weighted by Gasteiger charge is -2.05. The molecule has 0 saturated heterocycles. The molecular weight excluding hydrogens is 224 g/mol. The molecule has 0 unspecified atom stereocenters. The molecule has 0 aliphatic rings. The zero-order valence-corrected chi connectivity index (χ0v) is 8.64. The number of pyridine rings is 1. The standard InChI is InChI=1S/C12H7F2N3/c13-8-2-1-3-11(12(8)14)17-7-16-9-6-15-5-4-10(9)17/h1-7H. The van der Waals surface area contributed by atoms with Gasteiger partial charge in [0.15, 0.2) is 11.6 Å². The Labute approximate surface area is 95.4 Å². The number of rotatable bonds is 1. The fraction of sp³-hybridized carbons (Fsp3) is 0. The number of hydrogen-bond acceptors (Lipinski definition) is 2. The molecule has 1 aromatic carbocycles. The van der Waals surface area contributed by atoms with E-state index in [1.165, 1.54) is 23.0 Å². The van der Waals surface area contributed by atoms with Crippen LogP contribution in [0.3, 0.4) is 0 Å². The summed E-state index contributed by atoms with van der Waals surface area (Å²) in [5.74, 6) is -1.76. The molecule has 17 heavy (non-hydrogen) atoms. The molecule has 84 valence electrons. The van der Waals surface area contributed by atoms with Crippen LogP contribution in [0.1, 0.15) is 0 Å². The van der Waals surface area contributed by atoms with Crippen molar-refractivity contribution in [3.63, 3.8) is 0 Å². The first-order valence-corrected chi connectivity index (χ1v) is 4.99. The van der Waals surface area contributed by atoms with E-state index in [2.05, 4.69) is 9.97 Å². The van der Waals surface area contributed by atoms with Gasteiger partial charge in [0.1, 0.15) is 11.8 Å². The average molecular weight is 231 g/mol. The minimum Gasteiger partial charge on any atom is -0.296 e. The lowest BCUT2D eigenvalue weighted by Crippen LogP contribution is -1.98. The first kappa shape index (κ1) is 9.89. The molecule has 0 aliphatic carbocycles. The molecule has 0 saturated carbocycles.